The largest absolute Gasteiger partial charge is 0.497 e. The molecule has 0 saturated carbocycles. The first-order valence-electron chi connectivity index (χ1n) is 11.8. The maximum atomic E-state index is 14.2. The fourth-order valence-corrected chi connectivity index (χ4v) is 5.12. The van der Waals surface area contributed by atoms with Gasteiger partial charge >= 0.3 is 0 Å². The lowest BCUT2D eigenvalue weighted by molar-refractivity contribution is 0.0196. The summed E-state index contributed by atoms with van der Waals surface area (Å²) in [5, 5.41) is 5.58. The van der Waals surface area contributed by atoms with Gasteiger partial charge < -0.3 is 14.6 Å². The van der Waals surface area contributed by atoms with Crippen molar-refractivity contribution >= 4 is 16.9 Å². The Hall–Kier alpha value is -3.79. The van der Waals surface area contributed by atoms with Crippen molar-refractivity contribution in [2.75, 3.05) is 33.3 Å². The van der Waals surface area contributed by atoms with Gasteiger partial charge in [-0.2, -0.15) is 5.10 Å². The van der Waals surface area contributed by atoms with Crippen LogP contribution in [0.25, 0.3) is 22.3 Å². The summed E-state index contributed by atoms with van der Waals surface area (Å²) in [5.41, 5.74) is 2.74. The number of rotatable bonds is 5. The van der Waals surface area contributed by atoms with E-state index in [-0.39, 0.29) is 11.5 Å². The number of hydrogen-bond acceptors (Lipinski definition) is 6. The van der Waals surface area contributed by atoms with Gasteiger partial charge in [0.1, 0.15) is 23.5 Å². The van der Waals surface area contributed by atoms with Gasteiger partial charge in [-0.3, -0.25) is 14.4 Å². The Morgan fingerprint density at radius 1 is 1.14 bits per heavy atom. The molecule has 0 aliphatic carbocycles. The number of hydrogen-bond donors (Lipinski definition) is 1. The molecule has 5 heterocycles. The standard InChI is InChI=1S/C25H26FN7O2/c1-35-19-2-3-22(26)21(10-19)25(34)31-8-5-17(6-9-31)32-13-18(14-32)33-12-16(11-30-33)23-20-4-7-27-24(20)29-15-28-23/h2-4,7,10-12,15,17-18H,5-6,8-9,13-14H2,1H3,(H,27,28,29). The number of likely N-dealkylation sites (tertiary alicyclic amines) is 2. The van der Waals surface area contributed by atoms with Crippen LogP contribution >= 0.6 is 0 Å². The summed E-state index contributed by atoms with van der Waals surface area (Å²) in [6.07, 6.45) is 9.10. The highest BCUT2D eigenvalue weighted by Crippen LogP contribution is 2.31. The number of amides is 1. The molecule has 0 unspecified atom stereocenters. The third kappa shape index (κ3) is 3.93. The van der Waals surface area contributed by atoms with Crippen molar-refractivity contribution in [3.05, 3.63) is 60.6 Å². The zero-order valence-electron chi connectivity index (χ0n) is 19.4. The molecule has 1 aromatic carbocycles. The van der Waals surface area contributed by atoms with E-state index in [0.29, 0.717) is 30.9 Å². The number of benzene rings is 1. The van der Waals surface area contributed by atoms with Crippen LogP contribution in [0.1, 0.15) is 29.2 Å². The molecule has 0 spiro atoms. The van der Waals surface area contributed by atoms with Gasteiger partial charge in [0, 0.05) is 55.6 Å². The lowest BCUT2D eigenvalue weighted by atomic mass is 9.97. The zero-order valence-corrected chi connectivity index (χ0v) is 19.4. The number of nitrogens with zero attached hydrogens (tertiary/aromatic N) is 6. The average molecular weight is 476 g/mol. The van der Waals surface area contributed by atoms with Gasteiger partial charge in [-0.25, -0.2) is 14.4 Å². The predicted octanol–water partition coefficient (Wildman–Crippen LogP) is 3.13. The summed E-state index contributed by atoms with van der Waals surface area (Å²) in [5.74, 6) is -0.303. The monoisotopic (exact) mass is 475 g/mol. The van der Waals surface area contributed by atoms with E-state index in [2.05, 4.69) is 31.1 Å². The number of aromatic nitrogens is 5. The number of halogens is 1. The average Bonchev–Trinajstić information content (AvgIpc) is 3.53. The second-order valence-corrected chi connectivity index (χ2v) is 9.15. The van der Waals surface area contributed by atoms with Crippen molar-refractivity contribution in [3.63, 3.8) is 0 Å². The molecule has 2 aliphatic rings. The van der Waals surface area contributed by atoms with Crippen LogP contribution in [-0.4, -0.2) is 79.8 Å². The van der Waals surface area contributed by atoms with Gasteiger partial charge in [0.05, 0.1) is 30.6 Å². The van der Waals surface area contributed by atoms with E-state index in [1.165, 1.54) is 25.3 Å². The van der Waals surface area contributed by atoms with E-state index in [9.17, 15) is 9.18 Å². The van der Waals surface area contributed by atoms with Crippen LogP contribution < -0.4 is 4.74 Å². The molecule has 180 valence electrons. The predicted molar refractivity (Wildman–Crippen MR) is 128 cm³/mol. The highest BCUT2D eigenvalue weighted by atomic mass is 19.1. The topological polar surface area (TPSA) is 92.2 Å². The summed E-state index contributed by atoms with van der Waals surface area (Å²) in [6, 6.07) is 7.00. The van der Waals surface area contributed by atoms with Crippen molar-refractivity contribution < 1.29 is 13.9 Å². The van der Waals surface area contributed by atoms with E-state index >= 15 is 0 Å². The second-order valence-electron chi connectivity index (χ2n) is 9.15. The first kappa shape index (κ1) is 21.7. The smallest absolute Gasteiger partial charge is 0.256 e. The fraction of sp³-hybridized carbons (Fsp3) is 0.360. The van der Waals surface area contributed by atoms with Crippen LogP contribution in [0.2, 0.25) is 0 Å². The molecular weight excluding hydrogens is 449 g/mol. The number of carbonyl (C=O) groups is 1. The summed E-state index contributed by atoms with van der Waals surface area (Å²) >= 11 is 0. The number of fused-ring (bicyclic) bond motifs is 1. The quantitative estimate of drug-likeness (QED) is 0.477. The van der Waals surface area contributed by atoms with E-state index < -0.39 is 5.82 Å². The molecule has 3 aromatic heterocycles. The molecule has 4 aromatic rings. The Labute approximate surface area is 201 Å². The summed E-state index contributed by atoms with van der Waals surface area (Å²) in [7, 11) is 1.51. The molecular formula is C25H26FN7O2. The molecule has 2 aliphatic heterocycles. The number of methoxy groups -OCH3 is 1. The molecule has 0 bridgehead atoms. The van der Waals surface area contributed by atoms with Crippen molar-refractivity contribution in [1.82, 2.24) is 34.5 Å². The van der Waals surface area contributed by atoms with Gasteiger partial charge in [-0.1, -0.05) is 0 Å². The van der Waals surface area contributed by atoms with Crippen LogP contribution in [0.15, 0.2) is 49.2 Å². The Kier molecular flexibility index (Phi) is 5.44. The lowest BCUT2D eigenvalue weighted by Gasteiger charge is -2.47. The maximum absolute atomic E-state index is 14.2. The molecule has 1 amide bonds. The van der Waals surface area contributed by atoms with Crippen molar-refractivity contribution in [2.24, 2.45) is 0 Å². The summed E-state index contributed by atoms with van der Waals surface area (Å²) < 4.78 is 21.4. The minimum atomic E-state index is -0.513. The minimum Gasteiger partial charge on any atom is -0.497 e. The fourth-order valence-electron chi connectivity index (χ4n) is 5.12. The molecule has 0 radical (unpaired) electrons. The van der Waals surface area contributed by atoms with E-state index in [1.54, 1.807) is 11.2 Å². The van der Waals surface area contributed by atoms with Crippen molar-refractivity contribution in [3.8, 4) is 17.0 Å². The van der Waals surface area contributed by atoms with Crippen LogP contribution in [-0.2, 0) is 0 Å². The lowest BCUT2D eigenvalue weighted by Crippen LogP contribution is -2.56. The van der Waals surface area contributed by atoms with Gasteiger partial charge in [0.2, 0.25) is 0 Å². The van der Waals surface area contributed by atoms with Crippen LogP contribution in [0.4, 0.5) is 4.39 Å². The molecule has 9 nitrogen and oxygen atoms in total. The third-order valence-corrected chi connectivity index (χ3v) is 7.17. The number of aromatic amines is 1. The zero-order chi connectivity index (χ0) is 23.9. The molecule has 6 rings (SSSR count). The first-order valence-corrected chi connectivity index (χ1v) is 11.8. The van der Waals surface area contributed by atoms with E-state index in [0.717, 1.165) is 48.2 Å². The third-order valence-electron chi connectivity index (χ3n) is 7.17. The van der Waals surface area contributed by atoms with Crippen LogP contribution in [0.5, 0.6) is 5.75 Å². The van der Waals surface area contributed by atoms with Crippen LogP contribution in [0.3, 0.4) is 0 Å². The summed E-state index contributed by atoms with van der Waals surface area (Å²) in [4.78, 5) is 28.9. The molecule has 0 atom stereocenters. The number of H-pyrrole nitrogens is 1. The Morgan fingerprint density at radius 2 is 1.97 bits per heavy atom. The number of piperidine rings is 1. The molecule has 2 saturated heterocycles. The van der Waals surface area contributed by atoms with Crippen molar-refractivity contribution in [2.45, 2.75) is 24.9 Å². The number of carbonyl (C=O) groups excluding carboxylic acids is 1. The van der Waals surface area contributed by atoms with Gasteiger partial charge in [0.25, 0.3) is 5.91 Å². The second kappa shape index (κ2) is 8.77. The van der Waals surface area contributed by atoms with Crippen LogP contribution in [0, 0.1) is 5.82 Å². The Bertz CT molecular complexity index is 1370. The summed E-state index contributed by atoms with van der Waals surface area (Å²) in [6.45, 7) is 3.09. The van der Waals surface area contributed by atoms with Gasteiger partial charge in [-0.05, 0) is 37.1 Å². The highest BCUT2D eigenvalue weighted by Gasteiger charge is 2.36. The first-order chi connectivity index (χ1) is 17.1. The van der Waals surface area contributed by atoms with Gasteiger partial charge in [-0.15, -0.1) is 0 Å². The highest BCUT2D eigenvalue weighted by molar-refractivity contribution is 5.95. The number of nitrogens with one attached hydrogen (secondary N) is 1. The minimum absolute atomic E-state index is 0.0712. The molecule has 1 N–H and O–H groups in total. The van der Waals surface area contributed by atoms with Crippen molar-refractivity contribution in [1.29, 1.82) is 0 Å². The van der Waals surface area contributed by atoms with E-state index in [4.69, 9.17) is 4.74 Å². The SMILES string of the molecule is COc1ccc(F)c(C(=O)N2CCC(N3CC(n4cc(-c5ncnc6[nH]ccc56)cn4)C3)CC2)c1. The molecule has 2 fully saturated rings. The molecule has 35 heavy (non-hydrogen) atoms. The van der Waals surface area contributed by atoms with E-state index in [1.807, 2.05) is 23.1 Å². The Balaban J connectivity index is 1.05. The Morgan fingerprint density at radius 3 is 2.77 bits per heavy atom. The number of ether oxygens (including phenoxy) is 1. The maximum Gasteiger partial charge on any atom is 0.256 e. The normalized spacial score (nSPS) is 17.6. The molecule has 10 heteroatoms. The van der Waals surface area contributed by atoms with Gasteiger partial charge in [0.15, 0.2) is 0 Å².